The van der Waals surface area contributed by atoms with Gasteiger partial charge in [0, 0.05) is 14.0 Å². The molecule has 1 saturated carbocycles. The number of aliphatic hydroxyl groups excluding tert-OH is 1. The molecule has 5 nitrogen and oxygen atoms in total. The smallest absolute Gasteiger partial charge is 0.217 e. The Hall–Kier alpha value is -0.650. The Morgan fingerprint density at radius 1 is 1.53 bits per heavy atom. The number of amides is 1. The fraction of sp³-hybridized carbons (Fsp3) is 0.900. The van der Waals surface area contributed by atoms with Crippen molar-refractivity contribution in [2.45, 2.75) is 37.8 Å². The molecule has 1 aliphatic carbocycles. The molecule has 0 aromatic carbocycles. The molecule has 88 valence electrons. The highest BCUT2D eigenvalue weighted by Crippen LogP contribution is 2.44. The van der Waals surface area contributed by atoms with E-state index in [1.54, 1.807) is 7.11 Å². The van der Waals surface area contributed by atoms with E-state index in [4.69, 9.17) is 9.47 Å². The van der Waals surface area contributed by atoms with Crippen LogP contribution in [-0.2, 0) is 14.3 Å². The van der Waals surface area contributed by atoms with Crippen molar-refractivity contribution in [1.82, 2.24) is 5.32 Å². The average Bonchev–Trinajstić information content (AvgIpc) is 2.20. The molecule has 1 aliphatic rings. The highest BCUT2D eigenvalue weighted by Gasteiger charge is 2.57. The minimum Gasteiger partial charge on any atom is -0.394 e. The van der Waals surface area contributed by atoms with Crippen LogP contribution in [0.4, 0.5) is 0 Å². The summed E-state index contributed by atoms with van der Waals surface area (Å²) in [4.78, 5) is 11.1. The van der Waals surface area contributed by atoms with Crippen molar-refractivity contribution in [3.05, 3.63) is 0 Å². The lowest BCUT2D eigenvalue weighted by Gasteiger charge is -2.56. The van der Waals surface area contributed by atoms with Gasteiger partial charge in [-0.2, -0.15) is 0 Å². The van der Waals surface area contributed by atoms with Crippen LogP contribution in [0.15, 0.2) is 0 Å². The summed E-state index contributed by atoms with van der Waals surface area (Å²) in [5.74, 6) is -0.156. The summed E-state index contributed by atoms with van der Waals surface area (Å²) < 4.78 is 10.4. The van der Waals surface area contributed by atoms with Crippen LogP contribution in [0.25, 0.3) is 0 Å². The molecule has 0 radical (unpaired) electrons. The minimum absolute atomic E-state index is 0.118. The van der Waals surface area contributed by atoms with E-state index in [1.807, 2.05) is 6.92 Å². The van der Waals surface area contributed by atoms with E-state index in [1.165, 1.54) is 6.92 Å². The molecule has 1 amide bonds. The van der Waals surface area contributed by atoms with Gasteiger partial charge in [-0.05, 0) is 19.8 Å². The molecule has 0 saturated heterocycles. The van der Waals surface area contributed by atoms with Gasteiger partial charge in [0.1, 0.15) is 6.79 Å². The normalized spacial score (nSPS) is 34.7. The monoisotopic (exact) mass is 217 g/mol. The second-order valence-electron chi connectivity index (χ2n) is 4.20. The molecule has 0 spiro atoms. The lowest BCUT2D eigenvalue weighted by atomic mass is 9.63. The summed E-state index contributed by atoms with van der Waals surface area (Å²) in [6, 6.07) is 0. The SMILES string of the molecule is COCO[C@]1(C)CC[C@@]1(CO)NC(C)=O. The van der Waals surface area contributed by atoms with Gasteiger partial charge in [-0.25, -0.2) is 0 Å². The summed E-state index contributed by atoms with van der Waals surface area (Å²) in [6.07, 6.45) is 1.53. The van der Waals surface area contributed by atoms with Crippen LogP contribution < -0.4 is 5.32 Å². The van der Waals surface area contributed by atoms with Crippen molar-refractivity contribution >= 4 is 5.91 Å². The van der Waals surface area contributed by atoms with Gasteiger partial charge >= 0.3 is 0 Å². The molecule has 5 heteroatoms. The number of aliphatic hydroxyl groups is 1. The van der Waals surface area contributed by atoms with Crippen LogP contribution >= 0.6 is 0 Å². The number of carbonyl (C=O) groups excluding carboxylic acids is 1. The van der Waals surface area contributed by atoms with Gasteiger partial charge in [0.15, 0.2) is 0 Å². The van der Waals surface area contributed by atoms with Crippen molar-refractivity contribution in [3.8, 4) is 0 Å². The minimum atomic E-state index is -0.655. The van der Waals surface area contributed by atoms with Crippen molar-refractivity contribution in [2.75, 3.05) is 20.5 Å². The van der Waals surface area contributed by atoms with Gasteiger partial charge in [0.25, 0.3) is 0 Å². The number of carbonyl (C=O) groups is 1. The van der Waals surface area contributed by atoms with Crippen molar-refractivity contribution in [2.24, 2.45) is 0 Å². The maximum atomic E-state index is 11.1. The number of nitrogens with one attached hydrogen (secondary N) is 1. The van der Waals surface area contributed by atoms with E-state index in [-0.39, 0.29) is 19.3 Å². The summed E-state index contributed by atoms with van der Waals surface area (Å²) in [5.41, 5.74) is -1.19. The molecular formula is C10H19NO4. The first kappa shape index (κ1) is 12.4. The first-order valence-corrected chi connectivity index (χ1v) is 5.02. The molecule has 0 unspecified atom stereocenters. The van der Waals surface area contributed by atoms with Crippen LogP contribution in [-0.4, -0.2) is 42.7 Å². The average molecular weight is 217 g/mol. The zero-order valence-corrected chi connectivity index (χ0v) is 9.50. The van der Waals surface area contributed by atoms with Gasteiger partial charge in [-0.1, -0.05) is 0 Å². The first-order chi connectivity index (χ1) is 6.99. The zero-order valence-electron chi connectivity index (χ0n) is 9.50. The number of hydrogen-bond acceptors (Lipinski definition) is 4. The lowest BCUT2D eigenvalue weighted by molar-refractivity contribution is -0.215. The Morgan fingerprint density at radius 3 is 2.53 bits per heavy atom. The predicted molar refractivity (Wildman–Crippen MR) is 54.2 cm³/mol. The maximum absolute atomic E-state index is 11.1. The molecule has 0 aromatic heterocycles. The van der Waals surface area contributed by atoms with E-state index >= 15 is 0 Å². The molecule has 2 N–H and O–H groups in total. The summed E-state index contributed by atoms with van der Waals surface area (Å²) in [5, 5.41) is 12.2. The second kappa shape index (κ2) is 4.47. The molecule has 0 aliphatic heterocycles. The van der Waals surface area contributed by atoms with E-state index in [9.17, 15) is 9.90 Å². The third kappa shape index (κ3) is 2.14. The van der Waals surface area contributed by atoms with Gasteiger partial charge in [0.05, 0.1) is 17.7 Å². The lowest BCUT2D eigenvalue weighted by Crippen LogP contribution is -2.73. The highest BCUT2D eigenvalue weighted by atomic mass is 16.7. The largest absolute Gasteiger partial charge is 0.394 e. The summed E-state index contributed by atoms with van der Waals surface area (Å²) in [7, 11) is 1.54. The Labute approximate surface area is 89.8 Å². The number of ether oxygens (including phenoxy) is 2. The molecular weight excluding hydrogens is 198 g/mol. The Kier molecular flexibility index (Phi) is 3.70. The van der Waals surface area contributed by atoms with Gasteiger partial charge in [-0.3, -0.25) is 4.79 Å². The molecule has 1 fully saturated rings. The zero-order chi connectivity index (χ0) is 11.5. The van der Waals surface area contributed by atoms with E-state index < -0.39 is 11.1 Å². The third-order valence-electron chi connectivity index (χ3n) is 3.22. The number of rotatable bonds is 5. The van der Waals surface area contributed by atoms with E-state index in [0.717, 1.165) is 12.8 Å². The molecule has 0 heterocycles. The molecule has 0 aromatic rings. The Balaban J connectivity index is 2.68. The van der Waals surface area contributed by atoms with Gasteiger partial charge < -0.3 is 19.9 Å². The fourth-order valence-electron chi connectivity index (χ4n) is 2.00. The topological polar surface area (TPSA) is 67.8 Å². The van der Waals surface area contributed by atoms with Crippen molar-refractivity contribution in [1.29, 1.82) is 0 Å². The van der Waals surface area contributed by atoms with Crippen LogP contribution in [0.1, 0.15) is 26.7 Å². The molecule has 0 bridgehead atoms. The third-order valence-corrected chi connectivity index (χ3v) is 3.22. The van der Waals surface area contributed by atoms with Crippen LogP contribution in [0.3, 0.4) is 0 Å². The van der Waals surface area contributed by atoms with Crippen LogP contribution in [0.2, 0.25) is 0 Å². The maximum Gasteiger partial charge on any atom is 0.217 e. The molecule has 2 atom stereocenters. The van der Waals surface area contributed by atoms with Crippen molar-refractivity contribution in [3.63, 3.8) is 0 Å². The number of methoxy groups -OCH3 is 1. The van der Waals surface area contributed by atoms with Gasteiger partial charge in [0.2, 0.25) is 5.91 Å². The summed E-state index contributed by atoms with van der Waals surface area (Å²) in [6.45, 7) is 3.36. The van der Waals surface area contributed by atoms with Crippen LogP contribution in [0.5, 0.6) is 0 Å². The Morgan fingerprint density at radius 2 is 2.20 bits per heavy atom. The fourth-order valence-corrected chi connectivity index (χ4v) is 2.00. The molecule has 15 heavy (non-hydrogen) atoms. The van der Waals surface area contributed by atoms with Crippen molar-refractivity contribution < 1.29 is 19.4 Å². The van der Waals surface area contributed by atoms with E-state index in [0.29, 0.717) is 0 Å². The van der Waals surface area contributed by atoms with Crippen LogP contribution in [0, 0.1) is 0 Å². The van der Waals surface area contributed by atoms with Gasteiger partial charge in [-0.15, -0.1) is 0 Å². The highest BCUT2D eigenvalue weighted by molar-refractivity contribution is 5.74. The second-order valence-corrected chi connectivity index (χ2v) is 4.20. The standard InChI is InChI=1S/C10H19NO4/c1-8(13)11-10(6-12)5-4-9(10,2)15-7-14-3/h12H,4-7H2,1-3H3,(H,11,13)/t9-,10+/m1/s1. The quantitative estimate of drug-likeness (QED) is 0.637. The molecule has 1 rings (SSSR count). The number of hydrogen-bond donors (Lipinski definition) is 2. The predicted octanol–water partition coefficient (Wildman–Crippen LogP) is 0.0266. The van der Waals surface area contributed by atoms with E-state index in [2.05, 4.69) is 5.32 Å². The first-order valence-electron chi connectivity index (χ1n) is 5.02. The Bertz CT molecular complexity index is 242. The summed E-state index contributed by atoms with van der Waals surface area (Å²) >= 11 is 0.